The van der Waals surface area contributed by atoms with Gasteiger partial charge >= 0.3 is 0 Å². The number of aromatic hydroxyl groups is 1. The summed E-state index contributed by atoms with van der Waals surface area (Å²) in [6, 6.07) is 15.0. The van der Waals surface area contributed by atoms with Gasteiger partial charge in [-0.15, -0.1) is 0 Å². The second kappa shape index (κ2) is 7.62. The summed E-state index contributed by atoms with van der Waals surface area (Å²) in [5, 5.41) is 21.8. The summed E-state index contributed by atoms with van der Waals surface area (Å²) in [6.45, 7) is 0.0166. The number of amides is 1. The van der Waals surface area contributed by atoms with Gasteiger partial charge in [-0.2, -0.15) is 0 Å². The summed E-state index contributed by atoms with van der Waals surface area (Å²) in [5.74, 6) is -1.64. The molecule has 1 atom stereocenters. The number of furan rings is 2. The van der Waals surface area contributed by atoms with E-state index in [2.05, 4.69) is 0 Å². The molecular formula is C24H16ClNO6. The predicted molar refractivity (Wildman–Crippen MR) is 115 cm³/mol. The van der Waals surface area contributed by atoms with Crippen molar-refractivity contribution in [2.75, 3.05) is 0 Å². The van der Waals surface area contributed by atoms with Crippen LogP contribution in [-0.2, 0) is 11.3 Å². The van der Waals surface area contributed by atoms with Gasteiger partial charge in [-0.1, -0.05) is 23.7 Å². The Morgan fingerprint density at radius 3 is 2.66 bits per heavy atom. The highest BCUT2D eigenvalue weighted by Crippen LogP contribution is 2.41. The minimum atomic E-state index is -0.955. The first kappa shape index (κ1) is 20.0. The molecule has 0 bridgehead atoms. The molecule has 0 radical (unpaired) electrons. The minimum absolute atomic E-state index is 0.0166. The molecule has 2 N–H and O–H groups in total. The van der Waals surface area contributed by atoms with Crippen LogP contribution < -0.4 is 0 Å². The van der Waals surface area contributed by atoms with E-state index >= 15 is 0 Å². The average Bonchev–Trinajstić information content (AvgIpc) is 3.48. The third kappa shape index (κ3) is 3.33. The summed E-state index contributed by atoms with van der Waals surface area (Å²) in [5.41, 5.74) is 0.761. The fraction of sp³-hybridized carbons (Fsp3) is 0.0833. The molecule has 3 heterocycles. The molecule has 32 heavy (non-hydrogen) atoms. The number of phenolic OH excluding ortho intramolecular Hbond substituents is 1. The molecular weight excluding hydrogens is 434 g/mol. The monoisotopic (exact) mass is 449 g/mol. The zero-order valence-electron chi connectivity index (χ0n) is 16.5. The van der Waals surface area contributed by atoms with Crippen LogP contribution in [0.3, 0.4) is 0 Å². The molecule has 5 rings (SSSR count). The normalized spacial score (nSPS) is 16.3. The van der Waals surface area contributed by atoms with Crippen molar-refractivity contribution >= 4 is 34.3 Å². The number of rotatable bonds is 5. The van der Waals surface area contributed by atoms with Crippen LogP contribution in [0.2, 0.25) is 5.02 Å². The van der Waals surface area contributed by atoms with Gasteiger partial charge in [0.25, 0.3) is 5.91 Å². The smallest absolute Gasteiger partial charge is 0.290 e. The van der Waals surface area contributed by atoms with Gasteiger partial charge in [-0.05, 0) is 54.1 Å². The van der Waals surface area contributed by atoms with Crippen molar-refractivity contribution in [2.24, 2.45) is 0 Å². The summed E-state index contributed by atoms with van der Waals surface area (Å²) in [6.07, 6.45) is 1.47. The Kier molecular flexibility index (Phi) is 4.75. The van der Waals surface area contributed by atoms with Crippen LogP contribution in [0.4, 0.5) is 0 Å². The van der Waals surface area contributed by atoms with Gasteiger partial charge < -0.3 is 23.9 Å². The molecule has 1 aliphatic rings. The lowest BCUT2D eigenvalue weighted by Crippen LogP contribution is -2.30. The molecule has 0 saturated carbocycles. The van der Waals surface area contributed by atoms with Crippen LogP contribution in [0.25, 0.3) is 11.0 Å². The zero-order chi connectivity index (χ0) is 22.4. The fourth-order valence-electron chi connectivity index (χ4n) is 3.92. The largest absolute Gasteiger partial charge is 0.508 e. The number of aliphatic hydroxyl groups is 1. The van der Waals surface area contributed by atoms with Gasteiger partial charge in [0.15, 0.2) is 11.5 Å². The highest BCUT2D eigenvalue weighted by Gasteiger charge is 2.45. The molecule has 8 heteroatoms. The van der Waals surface area contributed by atoms with E-state index in [1.165, 1.54) is 29.4 Å². The second-order valence-electron chi connectivity index (χ2n) is 7.39. The minimum Gasteiger partial charge on any atom is -0.508 e. The lowest BCUT2D eigenvalue weighted by molar-refractivity contribution is -0.130. The molecule has 4 aromatic rings. The highest BCUT2D eigenvalue weighted by atomic mass is 35.5. The Balaban J connectivity index is 1.61. The van der Waals surface area contributed by atoms with E-state index in [1.807, 2.05) is 0 Å². The fourth-order valence-corrected chi connectivity index (χ4v) is 4.10. The number of carbonyl (C=O) groups excluding carboxylic acids is 2. The third-order valence-electron chi connectivity index (χ3n) is 5.34. The van der Waals surface area contributed by atoms with E-state index in [0.29, 0.717) is 27.3 Å². The van der Waals surface area contributed by atoms with Crippen LogP contribution in [0.1, 0.15) is 27.9 Å². The Labute approximate surface area is 186 Å². The van der Waals surface area contributed by atoms with Gasteiger partial charge in [0.05, 0.1) is 24.4 Å². The van der Waals surface area contributed by atoms with E-state index < -0.39 is 23.5 Å². The number of hydrogen-bond donors (Lipinski definition) is 2. The standard InChI is InChI=1S/C24H16ClNO6/c25-15-6-7-18-14(9-15)11-19(32-18)22(28)20-21(13-3-1-4-16(27)10-13)26(24(30)23(20)29)12-17-5-2-8-31-17/h1-11,21,27,29H,12H2. The average molecular weight is 450 g/mol. The molecule has 2 aromatic carbocycles. The number of hydrogen-bond acceptors (Lipinski definition) is 6. The number of aliphatic hydroxyl groups excluding tert-OH is 1. The van der Waals surface area contributed by atoms with E-state index in [-0.39, 0.29) is 23.6 Å². The van der Waals surface area contributed by atoms with Gasteiger partial charge in [-0.3, -0.25) is 9.59 Å². The zero-order valence-corrected chi connectivity index (χ0v) is 17.2. The SMILES string of the molecule is O=C(C1=C(O)C(=O)N(Cc2ccco2)C1c1cccc(O)c1)c1cc2cc(Cl)ccc2o1. The van der Waals surface area contributed by atoms with Crippen LogP contribution in [0, 0.1) is 0 Å². The molecule has 7 nitrogen and oxygen atoms in total. The molecule has 160 valence electrons. The van der Waals surface area contributed by atoms with Gasteiger partial charge in [-0.25, -0.2) is 0 Å². The molecule has 1 aliphatic heterocycles. The van der Waals surface area contributed by atoms with E-state index in [4.69, 9.17) is 20.4 Å². The number of nitrogens with zero attached hydrogens (tertiary/aromatic N) is 1. The van der Waals surface area contributed by atoms with E-state index in [9.17, 15) is 19.8 Å². The van der Waals surface area contributed by atoms with Crippen LogP contribution in [-0.4, -0.2) is 26.8 Å². The molecule has 1 unspecified atom stereocenters. The van der Waals surface area contributed by atoms with Crippen molar-refractivity contribution in [3.8, 4) is 5.75 Å². The number of halogens is 1. The lowest BCUT2D eigenvalue weighted by Gasteiger charge is -2.26. The number of ketones is 1. The Morgan fingerprint density at radius 1 is 1.06 bits per heavy atom. The summed E-state index contributed by atoms with van der Waals surface area (Å²) >= 11 is 6.02. The predicted octanol–water partition coefficient (Wildman–Crippen LogP) is 5.16. The maximum atomic E-state index is 13.5. The van der Waals surface area contributed by atoms with Crippen molar-refractivity contribution in [3.63, 3.8) is 0 Å². The molecule has 0 fully saturated rings. The van der Waals surface area contributed by atoms with Crippen molar-refractivity contribution < 1.29 is 28.6 Å². The second-order valence-corrected chi connectivity index (χ2v) is 7.83. The maximum absolute atomic E-state index is 13.5. The summed E-state index contributed by atoms with van der Waals surface area (Å²) in [4.78, 5) is 27.8. The maximum Gasteiger partial charge on any atom is 0.290 e. The number of phenols is 1. The van der Waals surface area contributed by atoms with Gasteiger partial charge in [0.1, 0.15) is 17.1 Å². The lowest BCUT2D eigenvalue weighted by atomic mass is 9.95. The molecule has 1 amide bonds. The highest BCUT2D eigenvalue weighted by molar-refractivity contribution is 6.31. The first-order valence-corrected chi connectivity index (χ1v) is 10.1. The molecule has 0 saturated heterocycles. The first-order valence-electron chi connectivity index (χ1n) is 9.71. The van der Waals surface area contributed by atoms with Gasteiger partial charge in [0, 0.05) is 10.4 Å². The van der Waals surface area contributed by atoms with E-state index in [1.54, 1.807) is 42.5 Å². The van der Waals surface area contributed by atoms with Crippen molar-refractivity contribution in [2.45, 2.75) is 12.6 Å². The Hall–Kier alpha value is -3.97. The number of Topliss-reactive ketones (excluding diaryl/α,β-unsaturated/α-hetero) is 1. The quantitative estimate of drug-likeness (QED) is 0.408. The Morgan fingerprint density at radius 2 is 1.91 bits per heavy atom. The molecule has 2 aromatic heterocycles. The van der Waals surface area contributed by atoms with Crippen LogP contribution in [0.5, 0.6) is 5.75 Å². The first-order chi connectivity index (χ1) is 15.4. The van der Waals surface area contributed by atoms with Crippen molar-refractivity contribution in [1.82, 2.24) is 4.90 Å². The molecule has 0 aliphatic carbocycles. The number of fused-ring (bicyclic) bond motifs is 1. The summed E-state index contributed by atoms with van der Waals surface area (Å²) < 4.78 is 11.0. The van der Waals surface area contributed by atoms with Gasteiger partial charge in [0.2, 0.25) is 5.78 Å². The third-order valence-corrected chi connectivity index (χ3v) is 5.58. The van der Waals surface area contributed by atoms with Crippen molar-refractivity contribution in [1.29, 1.82) is 0 Å². The van der Waals surface area contributed by atoms with E-state index in [0.717, 1.165) is 0 Å². The topological polar surface area (TPSA) is 104 Å². The Bertz CT molecular complexity index is 1380. The number of benzene rings is 2. The number of carbonyl (C=O) groups is 2. The van der Waals surface area contributed by atoms with Crippen LogP contribution in [0.15, 0.2) is 87.1 Å². The van der Waals surface area contributed by atoms with Crippen LogP contribution >= 0.6 is 11.6 Å². The summed E-state index contributed by atoms with van der Waals surface area (Å²) in [7, 11) is 0. The van der Waals surface area contributed by atoms with Crippen molar-refractivity contribution in [3.05, 3.63) is 100 Å². The molecule has 0 spiro atoms.